The van der Waals surface area contributed by atoms with Crippen LogP contribution in [-0.4, -0.2) is 18.7 Å². The van der Waals surface area contributed by atoms with Crippen molar-refractivity contribution in [1.82, 2.24) is 0 Å². The molecule has 1 radical (unpaired) electrons. The summed E-state index contributed by atoms with van der Waals surface area (Å²) in [5, 5.41) is 11.3. The van der Waals surface area contributed by atoms with Gasteiger partial charge in [-0.3, -0.25) is 0 Å². The number of rotatable bonds is 4. The Balaban J connectivity index is 2.49. The summed E-state index contributed by atoms with van der Waals surface area (Å²) < 4.78 is 4.62. The van der Waals surface area contributed by atoms with Crippen molar-refractivity contribution in [1.29, 1.82) is 0 Å². The van der Waals surface area contributed by atoms with Gasteiger partial charge in [-0.15, -0.1) is 0 Å². The normalized spacial score (nSPS) is 12.1. The van der Waals surface area contributed by atoms with E-state index in [1.54, 1.807) is 6.92 Å². The lowest BCUT2D eigenvalue weighted by Crippen LogP contribution is -2.23. The van der Waals surface area contributed by atoms with E-state index in [1.165, 1.54) is 0 Å². The van der Waals surface area contributed by atoms with Crippen LogP contribution in [0.4, 0.5) is 0 Å². The van der Waals surface area contributed by atoms with E-state index < -0.39 is 12.1 Å². The molecule has 1 unspecified atom stereocenters. The van der Waals surface area contributed by atoms with Gasteiger partial charge in [0.15, 0.2) is 6.10 Å². The van der Waals surface area contributed by atoms with Gasteiger partial charge in [0.1, 0.15) is 0 Å². The minimum absolute atomic E-state index is 0.194. The van der Waals surface area contributed by atoms with Crippen molar-refractivity contribution >= 4 is 5.97 Å². The fourth-order valence-electron chi connectivity index (χ4n) is 1.15. The molecule has 1 aromatic carbocycles. The van der Waals surface area contributed by atoms with Crippen LogP contribution >= 0.6 is 0 Å². The molecule has 3 heteroatoms. The molecule has 3 nitrogen and oxygen atoms in total. The van der Waals surface area contributed by atoms with Crippen molar-refractivity contribution in [2.45, 2.75) is 19.4 Å². The summed E-state index contributed by atoms with van der Waals surface area (Å²) >= 11 is 0. The highest BCUT2D eigenvalue weighted by molar-refractivity contribution is 5.74. The average Bonchev–Trinajstić information content (AvgIpc) is 2.19. The Bertz CT molecular complexity index is 282. The van der Waals surface area contributed by atoms with Gasteiger partial charge in [0.25, 0.3) is 0 Å². The number of hydrogen-bond acceptors (Lipinski definition) is 2. The second-order valence-electron chi connectivity index (χ2n) is 2.93. The van der Waals surface area contributed by atoms with Gasteiger partial charge >= 0.3 is 5.97 Å². The smallest absolute Gasteiger partial charge is 0.338 e. The predicted molar refractivity (Wildman–Crippen MR) is 51.3 cm³/mol. The number of hydrogen-bond donors (Lipinski definition) is 0. The zero-order valence-electron chi connectivity index (χ0n) is 8.10. The largest absolute Gasteiger partial charge is 0.464 e. The average molecular weight is 193 g/mol. The van der Waals surface area contributed by atoms with Crippen LogP contribution in [0.25, 0.3) is 0 Å². The Morgan fingerprint density at radius 3 is 2.57 bits per heavy atom. The van der Waals surface area contributed by atoms with Gasteiger partial charge in [0, 0.05) is 6.42 Å². The third-order valence-corrected chi connectivity index (χ3v) is 1.81. The molecule has 0 bridgehead atoms. The van der Waals surface area contributed by atoms with Crippen molar-refractivity contribution in [3.8, 4) is 0 Å². The number of esters is 1. The molecule has 0 heterocycles. The summed E-state index contributed by atoms with van der Waals surface area (Å²) in [4.78, 5) is 11.0. The van der Waals surface area contributed by atoms with Gasteiger partial charge in [-0.05, 0) is 12.5 Å². The molecule has 1 atom stereocenters. The molecular weight excluding hydrogens is 180 g/mol. The van der Waals surface area contributed by atoms with E-state index in [4.69, 9.17) is 0 Å². The fraction of sp³-hybridized carbons (Fsp3) is 0.364. The van der Waals surface area contributed by atoms with Crippen LogP contribution in [0, 0.1) is 0 Å². The zero-order valence-corrected chi connectivity index (χ0v) is 8.10. The van der Waals surface area contributed by atoms with E-state index in [0.717, 1.165) is 5.56 Å². The summed E-state index contributed by atoms with van der Waals surface area (Å²) in [5.74, 6) is -0.670. The number of ether oxygens (including phenoxy) is 1. The lowest BCUT2D eigenvalue weighted by atomic mass is 10.1. The maximum absolute atomic E-state index is 11.3. The molecule has 1 rings (SSSR count). The summed E-state index contributed by atoms with van der Waals surface area (Å²) in [6, 6.07) is 9.20. The van der Waals surface area contributed by atoms with Gasteiger partial charge in [0.2, 0.25) is 0 Å². The van der Waals surface area contributed by atoms with Gasteiger partial charge in [-0.25, -0.2) is 9.90 Å². The van der Waals surface area contributed by atoms with Crippen LogP contribution in [0.3, 0.4) is 0 Å². The van der Waals surface area contributed by atoms with E-state index in [-0.39, 0.29) is 13.0 Å². The lowest BCUT2D eigenvalue weighted by Gasteiger charge is -2.06. The molecule has 1 aromatic rings. The van der Waals surface area contributed by atoms with Gasteiger partial charge in [0.05, 0.1) is 6.61 Å². The van der Waals surface area contributed by atoms with E-state index in [2.05, 4.69) is 4.74 Å². The Morgan fingerprint density at radius 2 is 2.00 bits per heavy atom. The molecule has 0 saturated carbocycles. The zero-order chi connectivity index (χ0) is 10.4. The molecular formula is C11H13O3. The van der Waals surface area contributed by atoms with Crippen LogP contribution in [0.2, 0.25) is 0 Å². The van der Waals surface area contributed by atoms with Gasteiger partial charge < -0.3 is 4.74 Å². The first-order valence-corrected chi connectivity index (χ1v) is 4.60. The molecule has 0 aliphatic rings. The lowest BCUT2D eigenvalue weighted by molar-refractivity contribution is -0.156. The second kappa shape index (κ2) is 5.40. The molecule has 14 heavy (non-hydrogen) atoms. The number of benzene rings is 1. The fourth-order valence-corrected chi connectivity index (χ4v) is 1.15. The number of carbonyl (C=O) groups excluding carboxylic acids is 1. The molecule has 0 aliphatic heterocycles. The molecule has 0 aliphatic carbocycles. The van der Waals surface area contributed by atoms with Gasteiger partial charge in [-0.1, -0.05) is 30.3 Å². The van der Waals surface area contributed by atoms with Crippen molar-refractivity contribution in [2.24, 2.45) is 0 Å². The highest BCUT2D eigenvalue weighted by Gasteiger charge is 2.18. The Labute approximate surface area is 83.3 Å². The second-order valence-corrected chi connectivity index (χ2v) is 2.93. The predicted octanol–water partition coefficient (Wildman–Crippen LogP) is 1.59. The topological polar surface area (TPSA) is 46.2 Å². The molecule has 0 fully saturated rings. The van der Waals surface area contributed by atoms with Crippen LogP contribution in [-0.2, 0) is 21.1 Å². The first kappa shape index (κ1) is 10.7. The van der Waals surface area contributed by atoms with Crippen molar-refractivity contribution in [3.05, 3.63) is 35.9 Å². The van der Waals surface area contributed by atoms with Crippen LogP contribution in [0.15, 0.2) is 30.3 Å². The molecule has 0 spiro atoms. The molecule has 75 valence electrons. The third-order valence-electron chi connectivity index (χ3n) is 1.81. The minimum atomic E-state index is -1.31. The minimum Gasteiger partial charge on any atom is -0.464 e. The summed E-state index contributed by atoms with van der Waals surface area (Å²) in [6.07, 6.45) is -1.11. The Kier molecular flexibility index (Phi) is 4.13. The van der Waals surface area contributed by atoms with E-state index >= 15 is 0 Å². The molecule has 0 amide bonds. The van der Waals surface area contributed by atoms with Gasteiger partial charge in [-0.2, -0.15) is 0 Å². The van der Waals surface area contributed by atoms with Crippen molar-refractivity contribution in [2.75, 3.05) is 6.61 Å². The van der Waals surface area contributed by atoms with E-state index in [1.807, 2.05) is 30.3 Å². The first-order chi connectivity index (χ1) is 6.74. The molecule has 0 aromatic heterocycles. The Morgan fingerprint density at radius 1 is 1.36 bits per heavy atom. The maximum atomic E-state index is 11.3. The van der Waals surface area contributed by atoms with Crippen LogP contribution < -0.4 is 0 Å². The summed E-state index contributed by atoms with van der Waals surface area (Å²) in [6.45, 7) is 1.94. The summed E-state index contributed by atoms with van der Waals surface area (Å²) in [5.41, 5.74) is 0.862. The molecule has 0 saturated heterocycles. The van der Waals surface area contributed by atoms with E-state index in [9.17, 15) is 9.90 Å². The van der Waals surface area contributed by atoms with E-state index in [0.29, 0.717) is 0 Å². The van der Waals surface area contributed by atoms with Crippen LogP contribution in [0.5, 0.6) is 0 Å². The monoisotopic (exact) mass is 193 g/mol. The van der Waals surface area contributed by atoms with Crippen molar-refractivity contribution in [3.63, 3.8) is 0 Å². The molecule has 0 N–H and O–H groups in total. The summed E-state index contributed by atoms with van der Waals surface area (Å²) in [7, 11) is 0. The quantitative estimate of drug-likeness (QED) is 0.682. The maximum Gasteiger partial charge on any atom is 0.338 e. The highest BCUT2D eigenvalue weighted by Crippen LogP contribution is 2.04. The SMILES string of the molecule is CCOC(=O)C([O])Cc1ccccc1. The first-order valence-electron chi connectivity index (χ1n) is 4.60. The van der Waals surface area contributed by atoms with Crippen molar-refractivity contribution < 1.29 is 14.6 Å². The van der Waals surface area contributed by atoms with Crippen LogP contribution in [0.1, 0.15) is 12.5 Å². The third kappa shape index (κ3) is 3.18. The highest BCUT2D eigenvalue weighted by atomic mass is 16.5. The number of carbonyl (C=O) groups is 1. The standard InChI is InChI=1S/C11H13O3/c1-2-14-11(13)10(12)8-9-6-4-3-5-7-9/h3-7,10H,2,8H2,1H3. The Hall–Kier alpha value is -1.35.